The van der Waals surface area contributed by atoms with E-state index >= 15 is 0 Å². The maximum absolute atomic E-state index is 11.8. The van der Waals surface area contributed by atoms with Crippen LogP contribution in [-0.4, -0.2) is 37.9 Å². The van der Waals surface area contributed by atoms with Crippen LogP contribution in [0.15, 0.2) is 84.9 Å². The second-order valence-corrected chi connectivity index (χ2v) is 13.5. The summed E-state index contributed by atoms with van der Waals surface area (Å²) >= 11 is 0. The SMILES string of the molecule is CCCCCCCCCCCCCCCCCCOCC(COC(c1ccccc1)(c1ccccc1)c1ccc(OC)cc1)O[P+](=O)O. The molecule has 6 nitrogen and oxygen atoms in total. The second-order valence-electron chi connectivity index (χ2n) is 12.8. The number of methoxy groups -OCH3 is 1. The van der Waals surface area contributed by atoms with Crippen molar-refractivity contribution < 1.29 is 28.2 Å². The summed E-state index contributed by atoms with van der Waals surface area (Å²) in [7, 11) is -1.19. The lowest BCUT2D eigenvalue weighted by Crippen LogP contribution is -2.37. The number of benzene rings is 3. The van der Waals surface area contributed by atoms with Crippen molar-refractivity contribution in [3.05, 3.63) is 102 Å². The molecule has 3 aromatic carbocycles. The molecule has 3 rings (SSSR count). The molecule has 0 saturated heterocycles. The molecular formula is C41H60O6P+. The van der Waals surface area contributed by atoms with Gasteiger partial charge < -0.3 is 14.2 Å². The molecule has 0 heterocycles. The summed E-state index contributed by atoms with van der Waals surface area (Å²) in [6, 6.07) is 27.9. The van der Waals surface area contributed by atoms with Crippen LogP contribution in [-0.2, 0) is 24.2 Å². The molecule has 0 aromatic heterocycles. The molecule has 2 atom stereocenters. The van der Waals surface area contributed by atoms with E-state index in [1.807, 2.05) is 84.9 Å². The highest BCUT2D eigenvalue weighted by Gasteiger charge is 2.39. The van der Waals surface area contributed by atoms with Gasteiger partial charge in [-0.05, 0) is 35.2 Å². The van der Waals surface area contributed by atoms with Crippen LogP contribution in [0, 0.1) is 0 Å². The molecule has 48 heavy (non-hydrogen) atoms. The molecular weight excluding hydrogens is 619 g/mol. The molecule has 264 valence electrons. The lowest BCUT2D eigenvalue weighted by Gasteiger charge is -2.36. The summed E-state index contributed by atoms with van der Waals surface area (Å²) in [4.78, 5) is 9.67. The Balaban J connectivity index is 1.45. The highest BCUT2D eigenvalue weighted by atomic mass is 31.1. The smallest absolute Gasteiger partial charge is 0.497 e. The molecule has 3 aromatic rings. The summed E-state index contributed by atoms with van der Waals surface area (Å²) in [6.07, 6.45) is 20.4. The van der Waals surface area contributed by atoms with Crippen LogP contribution in [0.4, 0.5) is 0 Å². The molecule has 0 aliphatic heterocycles. The Hall–Kier alpha value is -2.60. The predicted molar refractivity (Wildman–Crippen MR) is 197 cm³/mol. The average molecular weight is 680 g/mol. The van der Waals surface area contributed by atoms with E-state index in [1.165, 1.54) is 89.9 Å². The van der Waals surface area contributed by atoms with Crippen molar-refractivity contribution in [2.24, 2.45) is 0 Å². The van der Waals surface area contributed by atoms with Crippen molar-refractivity contribution in [2.45, 2.75) is 121 Å². The van der Waals surface area contributed by atoms with Gasteiger partial charge in [-0.25, -0.2) is 0 Å². The molecule has 0 aliphatic rings. The summed E-state index contributed by atoms with van der Waals surface area (Å²) in [5.41, 5.74) is 1.78. The largest absolute Gasteiger partial charge is 0.695 e. The van der Waals surface area contributed by atoms with Gasteiger partial charge in [0, 0.05) is 11.2 Å². The third kappa shape index (κ3) is 14.5. The third-order valence-electron chi connectivity index (χ3n) is 9.03. The Morgan fingerprint density at radius 1 is 0.604 bits per heavy atom. The molecule has 0 saturated carbocycles. The fourth-order valence-corrected chi connectivity index (χ4v) is 6.72. The van der Waals surface area contributed by atoms with Gasteiger partial charge in [-0.3, -0.25) is 0 Å². The van der Waals surface area contributed by atoms with E-state index in [-0.39, 0.29) is 13.2 Å². The number of unbranched alkanes of at least 4 members (excludes halogenated alkanes) is 15. The van der Waals surface area contributed by atoms with Gasteiger partial charge in [-0.2, -0.15) is 0 Å². The van der Waals surface area contributed by atoms with E-state index in [1.54, 1.807) is 7.11 Å². The Morgan fingerprint density at radius 2 is 1.04 bits per heavy atom. The second kappa shape index (κ2) is 24.5. The predicted octanol–water partition coefficient (Wildman–Crippen LogP) is 11.3. The standard InChI is InChI=1S/C41H59O6P/c1-3-4-5-6-7-8-9-10-11-12-13-14-15-16-17-24-33-45-34-40(47-48(42)43)35-46-41(36-25-20-18-21-26-36,37-27-22-19-23-28-37)38-29-31-39(44-2)32-30-38/h18-23,25-32,40H,3-17,24,33-35H2,1-2H3/p+1. The number of ether oxygens (including phenoxy) is 3. The molecule has 0 fully saturated rings. The van der Waals surface area contributed by atoms with E-state index in [4.69, 9.17) is 18.7 Å². The zero-order chi connectivity index (χ0) is 34.1. The normalized spacial score (nSPS) is 12.6. The molecule has 0 bridgehead atoms. The monoisotopic (exact) mass is 679 g/mol. The molecule has 0 aliphatic carbocycles. The van der Waals surface area contributed by atoms with E-state index in [9.17, 15) is 9.46 Å². The molecule has 0 spiro atoms. The van der Waals surface area contributed by atoms with Gasteiger partial charge in [0.25, 0.3) is 0 Å². The molecule has 0 radical (unpaired) electrons. The number of rotatable bonds is 28. The van der Waals surface area contributed by atoms with Gasteiger partial charge >= 0.3 is 8.25 Å². The lowest BCUT2D eigenvalue weighted by molar-refractivity contribution is -0.0558. The van der Waals surface area contributed by atoms with Crippen LogP contribution in [0.25, 0.3) is 0 Å². The third-order valence-corrected chi connectivity index (χ3v) is 9.51. The average Bonchev–Trinajstić information content (AvgIpc) is 3.12. The Morgan fingerprint density at radius 3 is 1.48 bits per heavy atom. The van der Waals surface area contributed by atoms with Crippen molar-refractivity contribution in [3.8, 4) is 5.75 Å². The van der Waals surface area contributed by atoms with Crippen LogP contribution in [0.5, 0.6) is 5.75 Å². The van der Waals surface area contributed by atoms with Gasteiger partial charge in [0.1, 0.15) is 11.4 Å². The van der Waals surface area contributed by atoms with E-state index in [2.05, 4.69) is 6.92 Å². The van der Waals surface area contributed by atoms with Crippen molar-refractivity contribution in [1.29, 1.82) is 0 Å². The first-order valence-corrected chi connectivity index (χ1v) is 19.5. The van der Waals surface area contributed by atoms with Crippen LogP contribution < -0.4 is 4.74 Å². The van der Waals surface area contributed by atoms with E-state index < -0.39 is 20.0 Å². The maximum atomic E-state index is 11.8. The molecule has 0 amide bonds. The van der Waals surface area contributed by atoms with Crippen molar-refractivity contribution in [2.75, 3.05) is 26.9 Å². The van der Waals surface area contributed by atoms with Crippen LogP contribution in [0.1, 0.15) is 126 Å². The first-order valence-electron chi connectivity index (χ1n) is 18.4. The van der Waals surface area contributed by atoms with Gasteiger partial charge in [0.05, 0.1) is 20.3 Å². The van der Waals surface area contributed by atoms with Crippen molar-refractivity contribution in [1.82, 2.24) is 0 Å². The highest BCUT2D eigenvalue weighted by Crippen LogP contribution is 2.41. The highest BCUT2D eigenvalue weighted by molar-refractivity contribution is 7.32. The minimum absolute atomic E-state index is 0.0520. The number of hydrogen-bond donors (Lipinski definition) is 1. The fraction of sp³-hybridized carbons (Fsp3) is 0.561. The quantitative estimate of drug-likeness (QED) is 0.0468. The zero-order valence-electron chi connectivity index (χ0n) is 29.5. The molecule has 1 N–H and O–H groups in total. The Kier molecular flexibility index (Phi) is 20.3. The summed E-state index contributed by atoms with van der Waals surface area (Å²) < 4.78 is 35.4. The minimum Gasteiger partial charge on any atom is -0.497 e. The molecule has 7 heteroatoms. The fourth-order valence-electron chi connectivity index (χ4n) is 6.34. The molecule has 2 unspecified atom stereocenters. The van der Waals surface area contributed by atoms with E-state index in [0.29, 0.717) is 6.61 Å². The topological polar surface area (TPSA) is 74.2 Å². The van der Waals surface area contributed by atoms with Crippen LogP contribution in [0.2, 0.25) is 0 Å². The first-order chi connectivity index (χ1) is 23.6. The number of hydrogen-bond acceptors (Lipinski definition) is 5. The first kappa shape index (κ1) is 39.8. The van der Waals surface area contributed by atoms with E-state index in [0.717, 1.165) is 35.3 Å². The minimum atomic E-state index is -2.83. The van der Waals surface area contributed by atoms with Crippen molar-refractivity contribution >= 4 is 8.25 Å². The maximum Gasteiger partial charge on any atom is 0.695 e. The van der Waals surface area contributed by atoms with Gasteiger partial charge in [-0.15, -0.1) is 9.42 Å². The van der Waals surface area contributed by atoms with Crippen LogP contribution in [0.3, 0.4) is 0 Å². The Labute approximate surface area is 291 Å². The zero-order valence-corrected chi connectivity index (χ0v) is 30.4. The summed E-state index contributed by atoms with van der Waals surface area (Å²) in [6.45, 7) is 3.08. The van der Waals surface area contributed by atoms with Crippen molar-refractivity contribution in [3.63, 3.8) is 0 Å². The lowest BCUT2D eigenvalue weighted by atomic mass is 9.80. The van der Waals surface area contributed by atoms with Crippen LogP contribution >= 0.6 is 8.25 Å². The Bertz CT molecular complexity index is 1180. The summed E-state index contributed by atoms with van der Waals surface area (Å²) in [5, 5.41) is 0. The van der Waals surface area contributed by atoms with Gasteiger partial charge in [-0.1, -0.05) is 176 Å². The van der Waals surface area contributed by atoms with Gasteiger partial charge in [0.15, 0.2) is 6.10 Å². The van der Waals surface area contributed by atoms with Gasteiger partial charge in [0.2, 0.25) is 0 Å². The summed E-state index contributed by atoms with van der Waals surface area (Å²) in [5.74, 6) is 0.745.